The smallest absolute Gasteiger partial charge is 0.220 e. The van der Waals surface area contributed by atoms with Crippen LogP contribution in [0.25, 0.3) is 10.9 Å². The summed E-state index contributed by atoms with van der Waals surface area (Å²) in [5, 5.41) is 4.03. The second-order valence-electron chi connectivity index (χ2n) is 6.80. The van der Waals surface area contributed by atoms with E-state index in [1.807, 2.05) is 36.5 Å². The van der Waals surface area contributed by atoms with Crippen molar-refractivity contribution in [3.63, 3.8) is 0 Å². The molecule has 25 heavy (non-hydrogen) atoms. The van der Waals surface area contributed by atoms with Crippen LogP contribution in [0.4, 0.5) is 4.39 Å². The van der Waals surface area contributed by atoms with Crippen molar-refractivity contribution in [2.75, 3.05) is 6.54 Å². The molecule has 130 valence electrons. The van der Waals surface area contributed by atoms with Gasteiger partial charge in [0.2, 0.25) is 5.91 Å². The van der Waals surface area contributed by atoms with Gasteiger partial charge in [0.15, 0.2) is 0 Å². The predicted octanol–water partition coefficient (Wildman–Crippen LogP) is 4.60. The van der Waals surface area contributed by atoms with E-state index in [1.165, 1.54) is 12.1 Å². The van der Waals surface area contributed by atoms with Gasteiger partial charge in [0.05, 0.1) is 0 Å². The van der Waals surface area contributed by atoms with Crippen molar-refractivity contribution in [1.29, 1.82) is 0 Å². The van der Waals surface area contributed by atoms with Gasteiger partial charge < -0.3 is 10.3 Å². The van der Waals surface area contributed by atoms with Crippen molar-refractivity contribution < 1.29 is 9.18 Å². The summed E-state index contributed by atoms with van der Waals surface area (Å²) in [7, 11) is 0. The lowest BCUT2D eigenvalue weighted by Gasteiger charge is -2.18. The molecule has 0 radical (unpaired) electrons. The number of aromatic amines is 1. The summed E-state index contributed by atoms with van der Waals surface area (Å²) in [6.07, 6.45) is 2.22. The van der Waals surface area contributed by atoms with Crippen LogP contribution in [0.2, 0.25) is 0 Å². The summed E-state index contributed by atoms with van der Waals surface area (Å²) in [5.74, 6) is -0.109. The minimum atomic E-state index is -0.287. The maximum Gasteiger partial charge on any atom is 0.220 e. The third-order valence-electron chi connectivity index (χ3n) is 4.34. The number of H-pyrrole nitrogens is 1. The molecule has 3 nitrogen and oxygen atoms in total. The van der Waals surface area contributed by atoms with Gasteiger partial charge in [0.1, 0.15) is 5.82 Å². The molecule has 1 amide bonds. The Bertz CT molecular complexity index is 869. The van der Waals surface area contributed by atoms with Crippen molar-refractivity contribution in [3.8, 4) is 0 Å². The highest BCUT2D eigenvalue weighted by atomic mass is 19.1. The molecule has 0 spiro atoms. The minimum Gasteiger partial charge on any atom is -0.361 e. The van der Waals surface area contributed by atoms with Gasteiger partial charge in [-0.3, -0.25) is 4.79 Å². The van der Waals surface area contributed by atoms with E-state index in [0.717, 1.165) is 22.0 Å². The van der Waals surface area contributed by atoms with Crippen LogP contribution < -0.4 is 5.32 Å². The van der Waals surface area contributed by atoms with Crippen molar-refractivity contribution >= 4 is 16.8 Å². The first-order valence-electron chi connectivity index (χ1n) is 8.62. The third-order valence-corrected chi connectivity index (χ3v) is 4.34. The first-order valence-corrected chi connectivity index (χ1v) is 8.62. The Hall–Kier alpha value is -2.62. The van der Waals surface area contributed by atoms with E-state index >= 15 is 0 Å². The Morgan fingerprint density at radius 2 is 1.96 bits per heavy atom. The first kappa shape index (κ1) is 17.2. The number of nitrogens with one attached hydrogen (secondary N) is 2. The zero-order valence-electron chi connectivity index (χ0n) is 14.6. The van der Waals surface area contributed by atoms with Crippen LogP contribution in [0.5, 0.6) is 0 Å². The lowest BCUT2D eigenvalue weighted by Crippen LogP contribution is -2.28. The molecule has 1 aromatic heterocycles. The Morgan fingerprint density at radius 3 is 2.72 bits per heavy atom. The minimum absolute atomic E-state index is 0.0201. The number of halogens is 1. The van der Waals surface area contributed by atoms with Crippen LogP contribution in [-0.2, 0) is 4.79 Å². The topological polar surface area (TPSA) is 44.9 Å². The van der Waals surface area contributed by atoms with Crippen molar-refractivity contribution in [3.05, 3.63) is 71.7 Å². The number of aromatic nitrogens is 1. The average molecular weight is 338 g/mol. The fourth-order valence-electron chi connectivity index (χ4n) is 3.09. The maximum atomic E-state index is 13.8. The Morgan fingerprint density at radius 1 is 1.16 bits per heavy atom. The molecule has 3 aromatic rings. The van der Waals surface area contributed by atoms with Crippen LogP contribution in [0, 0.1) is 11.7 Å². The van der Waals surface area contributed by atoms with Gasteiger partial charge in [-0.05, 0) is 35.2 Å². The van der Waals surface area contributed by atoms with E-state index in [-0.39, 0.29) is 24.1 Å². The molecule has 1 heterocycles. The number of hydrogen-bond donors (Lipinski definition) is 2. The number of fused-ring (bicyclic) bond motifs is 1. The Kier molecular flexibility index (Phi) is 5.17. The quantitative estimate of drug-likeness (QED) is 0.678. The van der Waals surface area contributed by atoms with Crippen molar-refractivity contribution in [2.45, 2.75) is 26.2 Å². The van der Waals surface area contributed by atoms with Crippen molar-refractivity contribution in [1.82, 2.24) is 10.3 Å². The summed E-state index contributed by atoms with van der Waals surface area (Å²) < 4.78 is 13.8. The zero-order valence-corrected chi connectivity index (χ0v) is 14.6. The number of carbonyl (C=O) groups is 1. The number of amides is 1. The standard InChI is InChI=1S/C21H23FN2O/c1-14(2)12-24-21(25)11-18(15-6-5-7-16(22)10-15)19-13-23-20-9-4-3-8-17(19)20/h3-10,13-14,18,23H,11-12H2,1-2H3,(H,24,25)/t18-/m0/s1. The summed E-state index contributed by atoms with van der Waals surface area (Å²) in [6.45, 7) is 4.76. The van der Waals surface area contributed by atoms with Gasteiger partial charge in [-0.25, -0.2) is 4.39 Å². The second-order valence-corrected chi connectivity index (χ2v) is 6.80. The van der Waals surface area contributed by atoms with E-state index in [0.29, 0.717) is 12.5 Å². The highest BCUT2D eigenvalue weighted by Crippen LogP contribution is 2.33. The molecule has 0 aliphatic carbocycles. The largest absolute Gasteiger partial charge is 0.361 e. The molecule has 1 atom stereocenters. The number of para-hydroxylation sites is 1. The zero-order chi connectivity index (χ0) is 17.8. The molecule has 2 N–H and O–H groups in total. The summed E-state index contributed by atoms with van der Waals surface area (Å²) >= 11 is 0. The summed E-state index contributed by atoms with van der Waals surface area (Å²) in [4.78, 5) is 15.7. The van der Waals surface area contributed by atoms with Crippen LogP contribution in [0.1, 0.15) is 37.3 Å². The van der Waals surface area contributed by atoms with Gasteiger partial charge in [-0.15, -0.1) is 0 Å². The molecule has 0 fully saturated rings. The molecule has 3 rings (SSSR count). The average Bonchev–Trinajstić information content (AvgIpc) is 3.02. The summed E-state index contributed by atoms with van der Waals surface area (Å²) in [6, 6.07) is 14.5. The molecule has 0 aliphatic heterocycles. The van der Waals surface area contributed by atoms with Gasteiger partial charge in [-0.1, -0.05) is 44.2 Å². The van der Waals surface area contributed by atoms with E-state index in [1.54, 1.807) is 6.07 Å². The fraction of sp³-hybridized carbons (Fsp3) is 0.286. The molecular formula is C21H23FN2O. The number of carbonyl (C=O) groups excluding carboxylic acids is 1. The van der Waals surface area contributed by atoms with Crippen LogP contribution in [0.3, 0.4) is 0 Å². The van der Waals surface area contributed by atoms with E-state index in [2.05, 4.69) is 24.1 Å². The number of hydrogen-bond acceptors (Lipinski definition) is 1. The van der Waals surface area contributed by atoms with E-state index < -0.39 is 0 Å². The maximum absolute atomic E-state index is 13.8. The third kappa shape index (κ3) is 4.08. The first-order chi connectivity index (χ1) is 12.0. The Labute approximate surface area is 147 Å². The highest BCUT2D eigenvalue weighted by molar-refractivity contribution is 5.86. The van der Waals surface area contributed by atoms with Gasteiger partial charge in [0.25, 0.3) is 0 Å². The number of benzene rings is 2. The summed E-state index contributed by atoms with van der Waals surface area (Å²) in [5.41, 5.74) is 2.84. The monoisotopic (exact) mass is 338 g/mol. The molecule has 4 heteroatoms. The number of rotatable bonds is 6. The highest BCUT2D eigenvalue weighted by Gasteiger charge is 2.21. The Balaban J connectivity index is 1.96. The molecule has 0 aliphatic rings. The molecular weight excluding hydrogens is 315 g/mol. The molecule has 0 unspecified atom stereocenters. The van der Waals surface area contributed by atoms with Gasteiger partial charge >= 0.3 is 0 Å². The van der Waals surface area contributed by atoms with E-state index in [9.17, 15) is 9.18 Å². The lowest BCUT2D eigenvalue weighted by molar-refractivity contribution is -0.121. The predicted molar refractivity (Wildman–Crippen MR) is 99.0 cm³/mol. The second kappa shape index (κ2) is 7.51. The SMILES string of the molecule is CC(C)CNC(=O)C[C@@H](c1cccc(F)c1)c1c[nH]c2ccccc12. The van der Waals surface area contributed by atoms with Gasteiger partial charge in [-0.2, -0.15) is 0 Å². The van der Waals surface area contributed by atoms with E-state index in [4.69, 9.17) is 0 Å². The van der Waals surface area contributed by atoms with Crippen LogP contribution >= 0.6 is 0 Å². The van der Waals surface area contributed by atoms with Crippen LogP contribution in [0.15, 0.2) is 54.7 Å². The molecule has 0 saturated carbocycles. The molecule has 0 bridgehead atoms. The molecule has 0 saturated heterocycles. The normalized spacial score (nSPS) is 12.5. The lowest BCUT2D eigenvalue weighted by atomic mass is 9.88. The van der Waals surface area contributed by atoms with Crippen molar-refractivity contribution in [2.24, 2.45) is 5.92 Å². The van der Waals surface area contributed by atoms with Crippen LogP contribution in [-0.4, -0.2) is 17.4 Å². The molecule has 2 aromatic carbocycles. The fourth-order valence-corrected chi connectivity index (χ4v) is 3.09. The van der Waals surface area contributed by atoms with Gasteiger partial charge in [0, 0.05) is 36.0 Å².